The largest absolute Gasteiger partial charge is 0.465 e. The Hall–Kier alpha value is -2.68. The van der Waals surface area contributed by atoms with Gasteiger partial charge in [-0.25, -0.2) is 9.78 Å². The van der Waals surface area contributed by atoms with E-state index in [9.17, 15) is 4.79 Å². The van der Waals surface area contributed by atoms with Crippen LogP contribution in [0.15, 0.2) is 48.5 Å². The molecular formula is C25H32N4O3S. The van der Waals surface area contributed by atoms with Crippen molar-refractivity contribution in [3.8, 4) is 10.9 Å². The molecule has 0 radical (unpaired) electrons. The van der Waals surface area contributed by atoms with Crippen LogP contribution in [0, 0.1) is 5.92 Å². The van der Waals surface area contributed by atoms with E-state index in [1.807, 2.05) is 36.4 Å². The number of nitrogens with one attached hydrogen (secondary N) is 1. The molecule has 33 heavy (non-hydrogen) atoms. The van der Waals surface area contributed by atoms with Crippen molar-refractivity contribution >= 4 is 27.6 Å². The quantitative estimate of drug-likeness (QED) is 0.467. The standard InChI is InChI=1S/C21H23N3O3S.C4H9N/c25-20(26)22-13-15-9-11-24(12-10-15)14-16-5-7-17(8-6-16)27-21-23-18-3-1-2-4-19(18)28-21;5-4-2-1-3-4/h1-8,15,22H,9-14H2,(H,25,26);4H,1-3,5H2. The number of hydrogen-bond acceptors (Lipinski definition) is 6. The summed E-state index contributed by atoms with van der Waals surface area (Å²) in [6.07, 6.45) is 5.01. The molecule has 1 amide bonds. The molecule has 2 aliphatic rings. The summed E-state index contributed by atoms with van der Waals surface area (Å²) in [6, 6.07) is 16.8. The van der Waals surface area contributed by atoms with Crippen LogP contribution in [0.2, 0.25) is 0 Å². The van der Waals surface area contributed by atoms with Gasteiger partial charge in [0.1, 0.15) is 5.75 Å². The maximum atomic E-state index is 10.6. The normalized spacial score (nSPS) is 17.1. The zero-order valence-corrected chi connectivity index (χ0v) is 19.6. The van der Waals surface area contributed by atoms with Crippen LogP contribution < -0.4 is 15.8 Å². The number of thiazole rings is 1. The lowest BCUT2D eigenvalue weighted by molar-refractivity contribution is 0.166. The second-order valence-corrected chi connectivity index (χ2v) is 9.78. The molecule has 4 N–H and O–H groups in total. The van der Waals surface area contributed by atoms with Gasteiger partial charge in [0.25, 0.3) is 5.19 Å². The molecule has 5 rings (SSSR count). The predicted octanol–water partition coefficient (Wildman–Crippen LogP) is 5.07. The fourth-order valence-corrected chi connectivity index (χ4v) is 4.77. The average Bonchev–Trinajstić information content (AvgIpc) is 3.21. The van der Waals surface area contributed by atoms with Crippen molar-refractivity contribution in [2.24, 2.45) is 11.7 Å². The Morgan fingerprint density at radius 2 is 1.82 bits per heavy atom. The van der Waals surface area contributed by atoms with Crippen LogP contribution >= 0.6 is 11.3 Å². The zero-order chi connectivity index (χ0) is 23.0. The van der Waals surface area contributed by atoms with Gasteiger partial charge < -0.3 is 20.9 Å². The SMILES string of the molecule is NC1CCC1.O=C(O)NCC1CCN(Cc2ccc(Oc3nc4ccccc4s3)cc2)CC1. The summed E-state index contributed by atoms with van der Waals surface area (Å²) in [5.74, 6) is 1.23. The van der Waals surface area contributed by atoms with Crippen molar-refractivity contribution < 1.29 is 14.6 Å². The van der Waals surface area contributed by atoms with Gasteiger partial charge in [-0.05, 0) is 74.5 Å². The number of ether oxygens (including phenoxy) is 1. The fourth-order valence-electron chi connectivity index (χ4n) is 3.94. The average molecular weight is 469 g/mol. The van der Waals surface area contributed by atoms with Gasteiger partial charge in [0.05, 0.1) is 10.2 Å². The summed E-state index contributed by atoms with van der Waals surface area (Å²) >= 11 is 1.55. The molecule has 176 valence electrons. The number of carboxylic acid groups (broad SMARTS) is 1. The van der Waals surface area contributed by atoms with Crippen molar-refractivity contribution in [3.63, 3.8) is 0 Å². The van der Waals surface area contributed by atoms with Crippen molar-refractivity contribution in [1.82, 2.24) is 15.2 Å². The van der Waals surface area contributed by atoms with Gasteiger partial charge in [0.2, 0.25) is 0 Å². The first kappa shape index (κ1) is 23.5. The van der Waals surface area contributed by atoms with Crippen LogP contribution in [0.1, 0.15) is 37.7 Å². The number of nitrogens with zero attached hydrogens (tertiary/aromatic N) is 2. The Kier molecular flexibility index (Phi) is 8.15. The van der Waals surface area contributed by atoms with E-state index < -0.39 is 6.09 Å². The van der Waals surface area contributed by atoms with Gasteiger partial charge in [-0.3, -0.25) is 4.90 Å². The molecule has 2 heterocycles. The first-order chi connectivity index (χ1) is 16.0. The molecule has 1 aliphatic heterocycles. The van der Waals surface area contributed by atoms with Crippen molar-refractivity contribution in [2.45, 2.75) is 44.7 Å². The number of fused-ring (bicyclic) bond motifs is 1. The molecule has 1 aromatic heterocycles. The lowest BCUT2D eigenvalue weighted by Crippen LogP contribution is -2.37. The Morgan fingerprint density at radius 3 is 2.42 bits per heavy atom. The molecule has 0 unspecified atom stereocenters. The number of nitrogens with two attached hydrogens (primary N) is 1. The summed E-state index contributed by atoms with van der Waals surface area (Å²) < 4.78 is 7.03. The topological polar surface area (TPSA) is 101 Å². The Morgan fingerprint density at radius 1 is 1.12 bits per heavy atom. The van der Waals surface area contributed by atoms with Gasteiger partial charge in [-0.1, -0.05) is 42.0 Å². The number of para-hydroxylation sites is 1. The molecular weight excluding hydrogens is 436 g/mol. The van der Waals surface area contributed by atoms with Gasteiger partial charge in [-0.15, -0.1) is 0 Å². The minimum atomic E-state index is -0.935. The minimum Gasteiger partial charge on any atom is -0.465 e. The summed E-state index contributed by atoms with van der Waals surface area (Å²) in [7, 11) is 0. The van der Waals surface area contributed by atoms with E-state index in [0.29, 0.717) is 23.7 Å². The van der Waals surface area contributed by atoms with E-state index in [4.69, 9.17) is 15.6 Å². The van der Waals surface area contributed by atoms with E-state index in [0.717, 1.165) is 48.4 Å². The number of carbonyl (C=O) groups is 1. The minimum absolute atomic E-state index is 0.442. The van der Waals surface area contributed by atoms with Crippen LogP contribution in [-0.4, -0.2) is 46.8 Å². The maximum Gasteiger partial charge on any atom is 0.404 e. The molecule has 8 heteroatoms. The molecule has 7 nitrogen and oxygen atoms in total. The number of amides is 1. The molecule has 0 atom stereocenters. The molecule has 1 aliphatic carbocycles. The third-order valence-corrected chi connectivity index (χ3v) is 7.12. The molecule has 0 spiro atoms. The number of piperidine rings is 1. The number of aromatic nitrogens is 1. The predicted molar refractivity (Wildman–Crippen MR) is 132 cm³/mol. The first-order valence-electron chi connectivity index (χ1n) is 11.6. The van der Waals surface area contributed by atoms with Crippen LogP contribution in [0.25, 0.3) is 10.2 Å². The summed E-state index contributed by atoms with van der Waals surface area (Å²) in [4.78, 5) is 17.5. The molecule has 0 bridgehead atoms. The van der Waals surface area contributed by atoms with Crippen molar-refractivity contribution in [2.75, 3.05) is 19.6 Å². The Bertz CT molecular complexity index is 995. The zero-order valence-electron chi connectivity index (χ0n) is 18.8. The first-order valence-corrected chi connectivity index (χ1v) is 12.4. The molecule has 2 aromatic carbocycles. The molecule has 2 fully saturated rings. The van der Waals surface area contributed by atoms with Crippen LogP contribution in [0.5, 0.6) is 10.9 Å². The fraction of sp³-hybridized carbons (Fsp3) is 0.440. The van der Waals surface area contributed by atoms with Gasteiger partial charge in [0.15, 0.2) is 0 Å². The van der Waals surface area contributed by atoms with Gasteiger partial charge >= 0.3 is 6.09 Å². The van der Waals surface area contributed by atoms with Gasteiger partial charge in [0, 0.05) is 19.1 Å². The number of likely N-dealkylation sites (tertiary alicyclic amines) is 1. The summed E-state index contributed by atoms with van der Waals surface area (Å²) in [6.45, 7) is 3.45. The van der Waals surface area contributed by atoms with E-state index in [2.05, 4.69) is 27.3 Å². The Balaban J connectivity index is 0.000000459. The Labute approximate surface area is 198 Å². The second-order valence-electron chi connectivity index (χ2n) is 8.79. The van der Waals surface area contributed by atoms with Crippen LogP contribution in [0.3, 0.4) is 0 Å². The summed E-state index contributed by atoms with van der Waals surface area (Å²) in [5, 5.41) is 11.9. The highest BCUT2D eigenvalue weighted by Crippen LogP contribution is 2.31. The van der Waals surface area contributed by atoms with E-state index in [1.165, 1.54) is 24.8 Å². The summed E-state index contributed by atoms with van der Waals surface area (Å²) in [5.41, 5.74) is 7.59. The van der Waals surface area contributed by atoms with Crippen LogP contribution in [-0.2, 0) is 6.54 Å². The molecule has 3 aromatic rings. The lowest BCUT2D eigenvalue weighted by Gasteiger charge is -2.31. The highest BCUT2D eigenvalue weighted by atomic mass is 32.1. The van der Waals surface area contributed by atoms with Gasteiger partial charge in [-0.2, -0.15) is 0 Å². The van der Waals surface area contributed by atoms with Crippen molar-refractivity contribution in [3.05, 3.63) is 54.1 Å². The third-order valence-electron chi connectivity index (χ3n) is 6.21. The molecule has 1 saturated heterocycles. The van der Waals surface area contributed by atoms with E-state index in [-0.39, 0.29) is 0 Å². The number of hydrogen-bond donors (Lipinski definition) is 3. The highest BCUT2D eigenvalue weighted by Gasteiger charge is 2.19. The van der Waals surface area contributed by atoms with E-state index >= 15 is 0 Å². The second kappa shape index (κ2) is 11.4. The number of benzene rings is 2. The third kappa shape index (κ3) is 7.15. The van der Waals surface area contributed by atoms with Crippen LogP contribution in [0.4, 0.5) is 4.79 Å². The monoisotopic (exact) mass is 468 g/mol. The smallest absolute Gasteiger partial charge is 0.404 e. The van der Waals surface area contributed by atoms with E-state index in [1.54, 1.807) is 11.3 Å². The van der Waals surface area contributed by atoms with Crippen molar-refractivity contribution in [1.29, 1.82) is 0 Å². The highest BCUT2D eigenvalue weighted by molar-refractivity contribution is 7.20. The number of rotatable bonds is 6. The molecule has 1 saturated carbocycles. The lowest BCUT2D eigenvalue weighted by atomic mass is 9.95. The maximum absolute atomic E-state index is 10.6.